The fraction of sp³-hybridized carbons (Fsp3) is 0.417. The van der Waals surface area contributed by atoms with E-state index in [1.807, 2.05) is 43.3 Å². The summed E-state index contributed by atoms with van der Waals surface area (Å²) in [4.78, 5) is 11.4. The highest BCUT2D eigenvalue weighted by atomic mass is 79.9. The number of benzene rings is 2. The van der Waals surface area contributed by atoms with Crippen molar-refractivity contribution in [1.29, 1.82) is 0 Å². The lowest BCUT2D eigenvalue weighted by Crippen LogP contribution is -2.37. The van der Waals surface area contributed by atoms with Gasteiger partial charge in [0.2, 0.25) is 5.95 Å². The summed E-state index contributed by atoms with van der Waals surface area (Å²) in [6.45, 7) is 0.307. The lowest BCUT2D eigenvalue weighted by molar-refractivity contribution is -0.274. The van der Waals surface area contributed by atoms with Crippen molar-refractivity contribution in [2.75, 3.05) is 24.3 Å². The molecule has 0 bridgehead atoms. The second-order valence-corrected chi connectivity index (χ2v) is 9.57. The Labute approximate surface area is 229 Å². The molecule has 12 heteroatoms. The maximum Gasteiger partial charge on any atom is 0.573 e. The molecule has 1 heterocycles. The van der Waals surface area contributed by atoms with E-state index in [4.69, 9.17) is 4.98 Å². The molecular weight excluding hydrogens is 582 g/mol. The molecule has 0 spiro atoms. The molecule has 1 aliphatic rings. The predicted molar refractivity (Wildman–Crippen MR) is 146 cm³/mol. The number of anilines is 2. The van der Waals surface area contributed by atoms with E-state index < -0.39 is 6.36 Å². The molecule has 198 valence electrons. The van der Waals surface area contributed by atoms with Crippen LogP contribution in [-0.2, 0) is 6.54 Å². The molecule has 0 atom stereocenters. The van der Waals surface area contributed by atoms with Crippen molar-refractivity contribution in [2.45, 2.75) is 50.7 Å². The molecule has 1 aromatic heterocycles. The standard InChI is InChI=1S/C24H27BrF3N5O.2ClH/c1-33(2)22-19-5-3-4-6-20(19)31-23(32-22)30-18-11-9-17(10-12-18)29-14-15-7-8-16(25)13-21(15)34-24(26,27)28;;/h3-8,13,17-18,29H,9-12,14H2,1-2H3,(H,30,31,32);2*1H/t17-,18-;;. The minimum absolute atomic E-state index is 0. The van der Waals surface area contributed by atoms with E-state index in [9.17, 15) is 13.2 Å². The summed E-state index contributed by atoms with van der Waals surface area (Å²) in [6, 6.07) is 13.1. The number of alkyl halides is 3. The number of halogens is 6. The molecule has 2 N–H and O–H groups in total. The molecule has 0 radical (unpaired) electrons. The van der Waals surface area contributed by atoms with Gasteiger partial charge in [-0.2, -0.15) is 4.98 Å². The second-order valence-electron chi connectivity index (χ2n) is 8.66. The zero-order valence-corrected chi connectivity index (χ0v) is 23.0. The van der Waals surface area contributed by atoms with Gasteiger partial charge in [-0.3, -0.25) is 0 Å². The van der Waals surface area contributed by atoms with Gasteiger partial charge in [0, 0.05) is 48.1 Å². The highest BCUT2D eigenvalue weighted by Crippen LogP contribution is 2.30. The van der Waals surface area contributed by atoms with E-state index in [-0.39, 0.29) is 42.6 Å². The van der Waals surface area contributed by atoms with Crippen molar-refractivity contribution < 1.29 is 17.9 Å². The van der Waals surface area contributed by atoms with Crippen LogP contribution >= 0.6 is 40.7 Å². The van der Waals surface area contributed by atoms with Crippen molar-refractivity contribution in [3.05, 3.63) is 52.5 Å². The molecule has 1 aliphatic carbocycles. The van der Waals surface area contributed by atoms with E-state index in [2.05, 4.69) is 36.3 Å². The largest absolute Gasteiger partial charge is 0.573 e. The van der Waals surface area contributed by atoms with Crippen molar-refractivity contribution >= 4 is 63.4 Å². The van der Waals surface area contributed by atoms with Crippen LogP contribution < -0.4 is 20.3 Å². The summed E-state index contributed by atoms with van der Waals surface area (Å²) in [7, 11) is 3.93. The first-order chi connectivity index (χ1) is 16.2. The first-order valence-electron chi connectivity index (χ1n) is 11.2. The van der Waals surface area contributed by atoms with Crippen molar-refractivity contribution in [1.82, 2.24) is 15.3 Å². The molecular formula is C24H29BrCl2F3N5O. The Bertz CT molecular complexity index is 1140. The van der Waals surface area contributed by atoms with Crippen LogP contribution in [0, 0.1) is 0 Å². The number of nitrogens with zero attached hydrogens (tertiary/aromatic N) is 3. The summed E-state index contributed by atoms with van der Waals surface area (Å²) in [5, 5.41) is 7.87. The van der Waals surface area contributed by atoms with E-state index in [0.29, 0.717) is 22.5 Å². The third kappa shape index (κ3) is 7.99. The minimum atomic E-state index is -4.73. The number of aromatic nitrogens is 2. The van der Waals surface area contributed by atoms with Gasteiger partial charge < -0.3 is 20.3 Å². The molecule has 0 aliphatic heterocycles. The Hall–Kier alpha value is -2.01. The SMILES string of the molecule is CN(C)c1nc(N[C@H]2CC[C@H](NCc3ccc(Br)cc3OC(F)(F)F)CC2)nc2ccccc12.Cl.Cl. The fourth-order valence-corrected chi connectivity index (χ4v) is 4.58. The predicted octanol–water partition coefficient (Wildman–Crippen LogP) is 6.71. The highest BCUT2D eigenvalue weighted by Gasteiger charge is 2.32. The van der Waals surface area contributed by atoms with Crippen molar-refractivity contribution in [3.63, 3.8) is 0 Å². The first-order valence-corrected chi connectivity index (χ1v) is 12.0. The van der Waals surface area contributed by atoms with Gasteiger partial charge in [0.25, 0.3) is 0 Å². The van der Waals surface area contributed by atoms with E-state index >= 15 is 0 Å². The molecule has 1 fully saturated rings. The van der Waals surface area contributed by atoms with Crippen LogP contribution in [0.4, 0.5) is 24.9 Å². The molecule has 4 rings (SSSR count). The Balaban J connectivity index is 0.00000228. The fourth-order valence-electron chi connectivity index (χ4n) is 4.24. The zero-order chi connectivity index (χ0) is 24.3. The maximum absolute atomic E-state index is 12.7. The van der Waals surface area contributed by atoms with Crippen LogP contribution in [0.2, 0.25) is 0 Å². The molecule has 3 aromatic rings. The molecule has 2 aromatic carbocycles. The van der Waals surface area contributed by atoms with Gasteiger partial charge in [0.1, 0.15) is 11.6 Å². The zero-order valence-electron chi connectivity index (χ0n) is 19.8. The Morgan fingerprint density at radius 3 is 2.33 bits per heavy atom. The second kappa shape index (κ2) is 13.0. The Morgan fingerprint density at radius 1 is 1.00 bits per heavy atom. The quantitative estimate of drug-likeness (QED) is 0.310. The van der Waals surface area contributed by atoms with Gasteiger partial charge in [0.15, 0.2) is 0 Å². The molecule has 36 heavy (non-hydrogen) atoms. The summed E-state index contributed by atoms with van der Waals surface area (Å²) >= 11 is 3.20. The number of nitrogens with one attached hydrogen (secondary N) is 2. The normalized spacial score (nSPS) is 17.6. The first kappa shape index (κ1) is 30.2. The topological polar surface area (TPSA) is 62.3 Å². The van der Waals surface area contributed by atoms with Crippen LogP contribution in [0.5, 0.6) is 5.75 Å². The summed E-state index contributed by atoms with van der Waals surface area (Å²) in [6.07, 6.45) is -1.10. The van der Waals surface area contributed by atoms with Crippen molar-refractivity contribution in [2.24, 2.45) is 0 Å². The summed E-state index contributed by atoms with van der Waals surface area (Å²) < 4.78 is 43.0. The molecule has 1 saturated carbocycles. The third-order valence-corrected chi connectivity index (χ3v) is 6.40. The van der Waals surface area contributed by atoms with Crippen LogP contribution in [-0.4, -0.2) is 42.5 Å². The number of para-hydroxylation sites is 1. The smallest absolute Gasteiger partial charge is 0.405 e. The van der Waals surface area contributed by atoms with E-state index in [1.54, 1.807) is 12.1 Å². The number of ether oxygens (including phenoxy) is 1. The minimum Gasteiger partial charge on any atom is -0.405 e. The number of hydrogen-bond acceptors (Lipinski definition) is 6. The van der Waals surface area contributed by atoms with E-state index in [0.717, 1.165) is 42.4 Å². The third-order valence-electron chi connectivity index (χ3n) is 5.90. The molecule has 6 nitrogen and oxygen atoms in total. The van der Waals surface area contributed by atoms with Crippen molar-refractivity contribution in [3.8, 4) is 5.75 Å². The summed E-state index contributed by atoms with van der Waals surface area (Å²) in [5.74, 6) is 1.30. The highest BCUT2D eigenvalue weighted by molar-refractivity contribution is 9.10. The number of fused-ring (bicyclic) bond motifs is 1. The molecule has 0 saturated heterocycles. The Kier molecular flexibility index (Phi) is 10.9. The maximum atomic E-state index is 12.7. The lowest BCUT2D eigenvalue weighted by atomic mass is 9.91. The van der Waals surface area contributed by atoms with E-state index in [1.165, 1.54) is 6.07 Å². The average Bonchev–Trinajstić information content (AvgIpc) is 2.78. The van der Waals surface area contributed by atoms with Gasteiger partial charge in [0.05, 0.1) is 5.52 Å². The van der Waals surface area contributed by atoms with Crippen LogP contribution in [0.15, 0.2) is 46.9 Å². The van der Waals surface area contributed by atoms with Gasteiger partial charge in [-0.15, -0.1) is 38.0 Å². The number of rotatable bonds is 7. The monoisotopic (exact) mass is 609 g/mol. The lowest BCUT2D eigenvalue weighted by Gasteiger charge is -2.30. The molecule has 0 amide bonds. The number of hydrogen-bond donors (Lipinski definition) is 2. The van der Waals surface area contributed by atoms with Crippen LogP contribution in [0.25, 0.3) is 10.9 Å². The van der Waals surface area contributed by atoms with Gasteiger partial charge in [-0.05, 0) is 49.9 Å². The van der Waals surface area contributed by atoms with Gasteiger partial charge >= 0.3 is 6.36 Å². The van der Waals surface area contributed by atoms with Gasteiger partial charge in [-0.1, -0.05) is 34.1 Å². The average molecular weight is 611 g/mol. The summed E-state index contributed by atoms with van der Waals surface area (Å²) in [5.41, 5.74) is 1.37. The Morgan fingerprint density at radius 2 is 1.67 bits per heavy atom. The molecule has 0 unspecified atom stereocenters. The van der Waals surface area contributed by atoms with Crippen LogP contribution in [0.3, 0.4) is 0 Å². The van der Waals surface area contributed by atoms with Crippen LogP contribution in [0.1, 0.15) is 31.2 Å². The van der Waals surface area contributed by atoms with Gasteiger partial charge in [-0.25, -0.2) is 4.98 Å².